The molecule has 0 aromatic carbocycles. The third-order valence-electron chi connectivity index (χ3n) is 2.10. The summed E-state index contributed by atoms with van der Waals surface area (Å²) in [7, 11) is 0. The number of aromatic carboxylic acids is 1. The Morgan fingerprint density at radius 2 is 2.24 bits per heavy atom. The first kappa shape index (κ1) is 13.7. The maximum atomic E-state index is 11.5. The Balaban J connectivity index is 2.44. The highest BCUT2D eigenvalue weighted by Crippen LogP contribution is 2.16. The fourth-order valence-electron chi connectivity index (χ4n) is 1.23. The molecule has 1 heterocycles. The number of carboxylic acids is 1. The zero-order valence-electron chi connectivity index (χ0n) is 9.73. The number of rotatable bonds is 6. The van der Waals surface area contributed by atoms with Crippen molar-refractivity contribution >= 4 is 23.2 Å². The Bertz CT molecular complexity index is 402. The predicted molar refractivity (Wildman–Crippen MR) is 64.2 cm³/mol. The summed E-state index contributed by atoms with van der Waals surface area (Å²) in [6.45, 7) is 4.31. The van der Waals surface area contributed by atoms with Gasteiger partial charge in [0, 0.05) is 11.5 Å². The summed E-state index contributed by atoms with van der Waals surface area (Å²) in [5, 5.41) is 11.4. The largest absolute Gasteiger partial charge is 0.477 e. The van der Waals surface area contributed by atoms with Crippen LogP contribution < -0.4 is 5.32 Å². The first-order chi connectivity index (χ1) is 8.04. The van der Waals surface area contributed by atoms with Crippen LogP contribution in [0, 0.1) is 0 Å². The van der Waals surface area contributed by atoms with Crippen molar-refractivity contribution in [2.75, 3.05) is 6.61 Å². The summed E-state index contributed by atoms with van der Waals surface area (Å²) in [6, 6.07) is 3.22. The van der Waals surface area contributed by atoms with Crippen molar-refractivity contribution in [1.82, 2.24) is 5.32 Å². The molecular weight excluding hydrogens is 242 g/mol. The fourth-order valence-corrected chi connectivity index (χ4v) is 2.02. The van der Waals surface area contributed by atoms with Gasteiger partial charge in [-0.05, 0) is 26.0 Å². The van der Waals surface area contributed by atoms with Crippen molar-refractivity contribution in [3.63, 3.8) is 0 Å². The Morgan fingerprint density at radius 3 is 2.76 bits per heavy atom. The molecule has 5 nitrogen and oxygen atoms in total. The predicted octanol–water partition coefficient (Wildman–Crippen LogP) is 1.49. The molecule has 1 aromatic heterocycles. The van der Waals surface area contributed by atoms with E-state index in [-0.39, 0.29) is 10.8 Å². The van der Waals surface area contributed by atoms with Gasteiger partial charge in [-0.25, -0.2) is 4.79 Å². The summed E-state index contributed by atoms with van der Waals surface area (Å²) in [5.74, 6) is -1.15. The molecule has 1 amide bonds. The molecule has 0 bridgehead atoms. The lowest BCUT2D eigenvalue weighted by Gasteiger charge is -2.11. The van der Waals surface area contributed by atoms with E-state index in [1.165, 1.54) is 6.07 Å². The zero-order chi connectivity index (χ0) is 12.8. The molecule has 0 aliphatic carbocycles. The molecule has 0 fully saturated rings. The second-order valence-corrected chi connectivity index (χ2v) is 4.55. The van der Waals surface area contributed by atoms with Gasteiger partial charge in [0.25, 0.3) is 0 Å². The minimum Gasteiger partial charge on any atom is -0.477 e. The molecule has 6 heteroatoms. The average Bonchev–Trinajstić information content (AvgIpc) is 2.75. The molecular formula is C11H15NO4S. The Hall–Kier alpha value is -1.40. The standard InChI is InChI=1S/C11H15NO4S/c1-3-16-7(2)10(13)12-6-8-4-5-9(17-8)11(14)15/h4-5,7H,3,6H2,1-2H3,(H,12,13)(H,14,15). The first-order valence-electron chi connectivity index (χ1n) is 5.26. The molecule has 1 aromatic rings. The molecule has 1 unspecified atom stereocenters. The highest BCUT2D eigenvalue weighted by Gasteiger charge is 2.13. The maximum Gasteiger partial charge on any atom is 0.345 e. The smallest absolute Gasteiger partial charge is 0.345 e. The van der Waals surface area contributed by atoms with Crippen LogP contribution in [-0.4, -0.2) is 29.7 Å². The molecule has 0 saturated carbocycles. The van der Waals surface area contributed by atoms with Gasteiger partial charge in [-0.15, -0.1) is 11.3 Å². The number of carbonyl (C=O) groups excluding carboxylic acids is 1. The minimum atomic E-state index is -0.949. The summed E-state index contributed by atoms with van der Waals surface area (Å²) in [5.41, 5.74) is 0. The first-order valence-corrected chi connectivity index (χ1v) is 6.07. The van der Waals surface area contributed by atoms with Crippen LogP contribution in [0.2, 0.25) is 0 Å². The molecule has 0 aliphatic rings. The van der Waals surface area contributed by atoms with E-state index < -0.39 is 12.1 Å². The van der Waals surface area contributed by atoms with Crippen LogP contribution in [0.25, 0.3) is 0 Å². The molecule has 0 spiro atoms. The van der Waals surface area contributed by atoms with Gasteiger partial charge in [0.05, 0.1) is 6.54 Å². The van der Waals surface area contributed by atoms with E-state index in [2.05, 4.69) is 5.32 Å². The summed E-state index contributed by atoms with van der Waals surface area (Å²) >= 11 is 1.15. The maximum absolute atomic E-state index is 11.5. The molecule has 1 atom stereocenters. The number of carbonyl (C=O) groups is 2. The molecule has 0 aliphatic heterocycles. The van der Waals surface area contributed by atoms with Crippen LogP contribution in [0.3, 0.4) is 0 Å². The third-order valence-corrected chi connectivity index (χ3v) is 3.17. The number of ether oxygens (including phenoxy) is 1. The van der Waals surface area contributed by atoms with Gasteiger partial charge in [0.15, 0.2) is 0 Å². The lowest BCUT2D eigenvalue weighted by molar-refractivity contribution is -0.131. The van der Waals surface area contributed by atoms with Crippen molar-refractivity contribution in [3.05, 3.63) is 21.9 Å². The van der Waals surface area contributed by atoms with Crippen LogP contribution >= 0.6 is 11.3 Å². The quantitative estimate of drug-likeness (QED) is 0.809. The van der Waals surface area contributed by atoms with Crippen LogP contribution in [0.5, 0.6) is 0 Å². The fraction of sp³-hybridized carbons (Fsp3) is 0.455. The summed E-state index contributed by atoms with van der Waals surface area (Å²) < 4.78 is 5.13. The monoisotopic (exact) mass is 257 g/mol. The van der Waals surface area contributed by atoms with Crippen molar-refractivity contribution in [1.29, 1.82) is 0 Å². The lowest BCUT2D eigenvalue weighted by atomic mass is 10.3. The summed E-state index contributed by atoms with van der Waals surface area (Å²) in [4.78, 5) is 23.2. The van der Waals surface area contributed by atoms with Crippen LogP contribution in [-0.2, 0) is 16.1 Å². The van der Waals surface area contributed by atoms with Crippen LogP contribution in [0.15, 0.2) is 12.1 Å². The van der Waals surface area contributed by atoms with Gasteiger partial charge in [-0.2, -0.15) is 0 Å². The van der Waals surface area contributed by atoms with Gasteiger partial charge < -0.3 is 15.2 Å². The molecule has 0 radical (unpaired) electrons. The van der Waals surface area contributed by atoms with E-state index in [0.717, 1.165) is 16.2 Å². The average molecular weight is 257 g/mol. The molecule has 94 valence electrons. The van der Waals surface area contributed by atoms with E-state index >= 15 is 0 Å². The van der Waals surface area contributed by atoms with Gasteiger partial charge in [0.1, 0.15) is 11.0 Å². The van der Waals surface area contributed by atoms with E-state index in [0.29, 0.717) is 13.2 Å². The van der Waals surface area contributed by atoms with E-state index in [9.17, 15) is 9.59 Å². The minimum absolute atomic E-state index is 0.197. The Labute approximate surface area is 103 Å². The number of carboxylic acid groups (broad SMARTS) is 1. The van der Waals surface area contributed by atoms with E-state index in [1.54, 1.807) is 13.0 Å². The third kappa shape index (κ3) is 4.16. The van der Waals surface area contributed by atoms with Gasteiger partial charge in [-0.1, -0.05) is 0 Å². The lowest BCUT2D eigenvalue weighted by Crippen LogP contribution is -2.33. The number of hydrogen-bond donors (Lipinski definition) is 2. The van der Waals surface area contributed by atoms with Crippen molar-refractivity contribution in [2.24, 2.45) is 0 Å². The summed E-state index contributed by atoms with van der Waals surface area (Å²) in [6.07, 6.45) is -0.487. The van der Waals surface area contributed by atoms with Crippen molar-refractivity contribution < 1.29 is 19.4 Å². The number of nitrogens with one attached hydrogen (secondary N) is 1. The van der Waals surface area contributed by atoms with E-state index in [1.807, 2.05) is 6.92 Å². The normalized spacial score (nSPS) is 12.1. The topological polar surface area (TPSA) is 75.6 Å². The van der Waals surface area contributed by atoms with Crippen molar-refractivity contribution in [2.45, 2.75) is 26.5 Å². The number of hydrogen-bond acceptors (Lipinski definition) is 4. The zero-order valence-corrected chi connectivity index (χ0v) is 10.5. The van der Waals surface area contributed by atoms with Gasteiger partial charge >= 0.3 is 5.97 Å². The van der Waals surface area contributed by atoms with Gasteiger partial charge in [-0.3, -0.25) is 4.79 Å². The van der Waals surface area contributed by atoms with Crippen LogP contribution in [0.4, 0.5) is 0 Å². The van der Waals surface area contributed by atoms with Crippen LogP contribution in [0.1, 0.15) is 28.4 Å². The molecule has 0 saturated heterocycles. The highest BCUT2D eigenvalue weighted by atomic mass is 32.1. The Kier molecular flexibility index (Phi) is 5.11. The van der Waals surface area contributed by atoms with Crippen molar-refractivity contribution in [3.8, 4) is 0 Å². The number of thiophene rings is 1. The SMILES string of the molecule is CCOC(C)C(=O)NCc1ccc(C(=O)O)s1. The second-order valence-electron chi connectivity index (χ2n) is 3.39. The van der Waals surface area contributed by atoms with Gasteiger partial charge in [0.2, 0.25) is 5.91 Å². The molecule has 17 heavy (non-hydrogen) atoms. The Morgan fingerprint density at radius 1 is 1.53 bits per heavy atom. The highest BCUT2D eigenvalue weighted by molar-refractivity contribution is 7.13. The molecule has 2 N–H and O–H groups in total. The van der Waals surface area contributed by atoms with E-state index in [4.69, 9.17) is 9.84 Å². The second kappa shape index (κ2) is 6.36. The molecule has 1 rings (SSSR count). The number of amides is 1.